The third kappa shape index (κ3) is 10.3. The molecule has 326 valence electrons. The molecule has 0 aromatic heterocycles. The van der Waals surface area contributed by atoms with Gasteiger partial charge < -0.3 is 29.4 Å². The van der Waals surface area contributed by atoms with Gasteiger partial charge in [0, 0.05) is 36.8 Å². The lowest BCUT2D eigenvalue weighted by molar-refractivity contribution is -0.263. The number of sulfonamides is 1. The zero-order chi connectivity index (χ0) is 43.9. The Labute approximate surface area is 369 Å². The van der Waals surface area contributed by atoms with Crippen LogP contribution in [0.3, 0.4) is 0 Å². The van der Waals surface area contributed by atoms with E-state index in [1.165, 1.54) is 23.3 Å². The van der Waals surface area contributed by atoms with Crippen LogP contribution in [0.5, 0.6) is 11.5 Å². The van der Waals surface area contributed by atoms with E-state index in [1.807, 2.05) is 97.9 Å². The number of rotatable bonds is 15. The molecular formula is C51H53N3O8S. The highest BCUT2D eigenvalue weighted by Gasteiger charge is 2.43. The average molecular weight is 868 g/mol. The maximum absolute atomic E-state index is 14.2. The van der Waals surface area contributed by atoms with E-state index in [0.717, 1.165) is 40.8 Å². The number of amides is 1. The summed E-state index contributed by atoms with van der Waals surface area (Å²) >= 11 is 0. The number of nitrogens with one attached hydrogen (secondary N) is 2. The average Bonchev–Trinajstić information content (AvgIpc) is 3.31. The van der Waals surface area contributed by atoms with Crippen LogP contribution in [0.4, 0.5) is 5.69 Å². The van der Waals surface area contributed by atoms with Crippen LogP contribution in [-0.4, -0.2) is 63.8 Å². The minimum atomic E-state index is -4.05. The van der Waals surface area contributed by atoms with Crippen LogP contribution < -0.4 is 19.5 Å². The number of carbonyl (C=O) groups excluding carboxylic acids is 1. The summed E-state index contributed by atoms with van der Waals surface area (Å²) in [6, 6.07) is 44.3. The number of nitrogens with zero attached hydrogens (tertiary/aromatic N) is 1. The fourth-order valence-corrected chi connectivity index (χ4v) is 9.72. The van der Waals surface area contributed by atoms with Crippen molar-refractivity contribution in [3.8, 4) is 11.5 Å². The molecule has 0 spiro atoms. The van der Waals surface area contributed by atoms with Gasteiger partial charge in [-0.15, -0.1) is 0 Å². The van der Waals surface area contributed by atoms with Crippen LogP contribution in [-0.2, 0) is 50.3 Å². The Morgan fingerprint density at radius 3 is 2.11 bits per heavy atom. The van der Waals surface area contributed by atoms with E-state index in [9.17, 15) is 18.3 Å². The van der Waals surface area contributed by atoms with E-state index < -0.39 is 34.4 Å². The highest BCUT2D eigenvalue weighted by atomic mass is 32.2. The number of methoxy groups -OCH3 is 2. The van der Waals surface area contributed by atoms with E-state index in [0.29, 0.717) is 35.8 Å². The fourth-order valence-electron chi connectivity index (χ4n) is 8.52. The summed E-state index contributed by atoms with van der Waals surface area (Å²) in [4.78, 5) is 16.6. The Morgan fingerprint density at radius 2 is 1.43 bits per heavy atom. The summed E-state index contributed by atoms with van der Waals surface area (Å²) < 4.78 is 55.2. The molecule has 12 heteroatoms. The first-order valence-corrected chi connectivity index (χ1v) is 22.6. The predicted octanol–water partition coefficient (Wildman–Crippen LogP) is 8.03. The number of aliphatic hydroxyl groups is 1. The van der Waals surface area contributed by atoms with Crippen molar-refractivity contribution in [2.45, 2.75) is 68.3 Å². The van der Waals surface area contributed by atoms with Crippen molar-refractivity contribution in [3.05, 3.63) is 190 Å². The molecule has 0 aliphatic carbocycles. The summed E-state index contributed by atoms with van der Waals surface area (Å²) in [6.45, 7) is 3.90. The number of aliphatic hydroxyl groups excluding tert-OH is 1. The van der Waals surface area contributed by atoms with E-state index in [-0.39, 0.29) is 29.9 Å². The van der Waals surface area contributed by atoms with E-state index in [4.69, 9.17) is 18.9 Å². The monoisotopic (exact) mass is 867 g/mol. The molecule has 6 aromatic carbocycles. The normalized spacial score (nSPS) is 19.4. The Hall–Kier alpha value is -5.86. The van der Waals surface area contributed by atoms with Gasteiger partial charge in [-0.05, 0) is 89.5 Å². The molecule has 6 aromatic rings. The molecule has 0 radical (unpaired) electrons. The molecule has 2 heterocycles. The lowest BCUT2D eigenvalue weighted by Gasteiger charge is -2.45. The Morgan fingerprint density at radius 1 is 0.762 bits per heavy atom. The highest BCUT2D eigenvalue weighted by molar-refractivity contribution is 7.89. The van der Waals surface area contributed by atoms with Crippen LogP contribution in [0.25, 0.3) is 0 Å². The number of anilines is 1. The molecule has 0 saturated carbocycles. The van der Waals surface area contributed by atoms with Gasteiger partial charge in [0.05, 0.1) is 37.9 Å². The molecule has 5 atom stereocenters. The van der Waals surface area contributed by atoms with Gasteiger partial charge in [0.1, 0.15) is 6.04 Å². The minimum absolute atomic E-state index is 0.0743. The van der Waals surface area contributed by atoms with Crippen molar-refractivity contribution in [2.75, 3.05) is 32.6 Å². The molecule has 3 N–H and O–H groups in total. The quantitative estimate of drug-likeness (QED) is 0.0938. The largest absolute Gasteiger partial charge is 0.493 e. The van der Waals surface area contributed by atoms with Crippen LogP contribution in [0, 0.1) is 6.92 Å². The SMILES string of the molecule is COc1cc2c(cc1OC)CN(CC1OC(c3cccc(NC(=O)C(Cc4ccccc4)NS(=O)(=O)c4ccc(C)cc4)c3)OC(c3ccc(CO)cc3)C1c1ccccc1)CC2. The predicted molar refractivity (Wildman–Crippen MR) is 242 cm³/mol. The van der Waals surface area contributed by atoms with Gasteiger partial charge in [0.2, 0.25) is 15.9 Å². The van der Waals surface area contributed by atoms with Crippen LogP contribution in [0.15, 0.2) is 150 Å². The molecule has 11 nitrogen and oxygen atoms in total. The number of hydrogen-bond acceptors (Lipinski definition) is 9. The molecule has 8 rings (SSSR count). The second-order valence-electron chi connectivity index (χ2n) is 16.2. The number of benzene rings is 6. The van der Waals surface area contributed by atoms with Crippen molar-refractivity contribution in [3.63, 3.8) is 0 Å². The molecule has 1 saturated heterocycles. The summed E-state index contributed by atoms with van der Waals surface area (Å²) in [5.41, 5.74) is 8.06. The van der Waals surface area contributed by atoms with Gasteiger partial charge in [-0.25, -0.2) is 8.42 Å². The molecule has 1 fully saturated rings. The zero-order valence-corrected chi connectivity index (χ0v) is 36.5. The number of carbonyl (C=O) groups is 1. The molecule has 1 amide bonds. The van der Waals surface area contributed by atoms with Gasteiger partial charge in [0.25, 0.3) is 0 Å². The Balaban J connectivity index is 1.10. The molecule has 63 heavy (non-hydrogen) atoms. The molecule has 0 bridgehead atoms. The van der Waals surface area contributed by atoms with Crippen molar-refractivity contribution < 1.29 is 37.3 Å². The van der Waals surface area contributed by atoms with E-state index in [2.05, 4.69) is 39.2 Å². The molecule has 2 aliphatic rings. The number of hydrogen-bond donors (Lipinski definition) is 3. The van der Waals surface area contributed by atoms with E-state index in [1.54, 1.807) is 32.4 Å². The lowest BCUT2D eigenvalue weighted by atomic mass is 9.82. The fraction of sp³-hybridized carbons (Fsp3) is 0.275. The smallest absolute Gasteiger partial charge is 0.242 e. The third-order valence-corrected chi connectivity index (χ3v) is 13.3. The van der Waals surface area contributed by atoms with Gasteiger partial charge in [-0.1, -0.05) is 115 Å². The first kappa shape index (κ1) is 43.8. The Kier molecular flexibility index (Phi) is 13.7. The summed E-state index contributed by atoms with van der Waals surface area (Å²) in [7, 11) is -0.745. The van der Waals surface area contributed by atoms with Crippen LogP contribution in [0.2, 0.25) is 0 Å². The first-order chi connectivity index (χ1) is 30.6. The van der Waals surface area contributed by atoms with Gasteiger partial charge in [-0.3, -0.25) is 9.69 Å². The standard InChI is InChI=1S/C51H53N3O8S/c1-34-17-23-43(24-18-34)63(57,58)53-44(27-35-11-6-4-7-12-35)50(56)52-42-16-10-15-40(28-42)51-61-47(32-54-26-25-39-29-45(59-2)46(60-3)30-41(39)31-54)48(37-13-8-5-9-14-37)49(62-51)38-21-19-36(33-55)20-22-38/h4-24,28-30,44,47-49,51,53,55H,25-27,31-33H2,1-3H3,(H,52,56). The molecule has 2 aliphatic heterocycles. The molecular weight excluding hydrogens is 815 g/mol. The highest BCUT2D eigenvalue weighted by Crippen LogP contribution is 2.47. The zero-order valence-electron chi connectivity index (χ0n) is 35.6. The number of aryl methyl sites for hydroxylation is 1. The first-order valence-electron chi connectivity index (χ1n) is 21.2. The van der Waals surface area contributed by atoms with Crippen molar-refractivity contribution in [1.29, 1.82) is 0 Å². The number of ether oxygens (including phenoxy) is 4. The van der Waals surface area contributed by atoms with Crippen molar-refractivity contribution >= 4 is 21.6 Å². The topological polar surface area (TPSA) is 136 Å². The maximum atomic E-state index is 14.2. The second kappa shape index (κ2) is 19.7. The lowest BCUT2D eigenvalue weighted by Crippen LogP contribution is -2.45. The minimum Gasteiger partial charge on any atom is -0.493 e. The third-order valence-electron chi connectivity index (χ3n) is 11.9. The summed E-state index contributed by atoms with van der Waals surface area (Å²) in [5, 5.41) is 12.9. The summed E-state index contributed by atoms with van der Waals surface area (Å²) in [6.07, 6.45) is -0.670. The number of fused-ring (bicyclic) bond motifs is 1. The maximum Gasteiger partial charge on any atom is 0.242 e. The van der Waals surface area contributed by atoms with Crippen LogP contribution >= 0.6 is 0 Å². The van der Waals surface area contributed by atoms with Crippen molar-refractivity contribution in [1.82, 2.24) is 9.62 Å². The molecule has 5 unspecified atom stereocenters. The Bertz CT molecular complexity index is 2590. The van der Waals surface area contributed by atoms with Crippen LogP contribution in [0.1, 0.15) is 62.8 Å². The second-order valence-corrected chi connectivity index (χ2v) is 17.9. The van der Waals surface area contributed by atoms with Crippen molar-refractivity contribution in [2.24, 2.45) is 0 Å². The summed E-state index contributed by atoms with van der Waals surface area (Å²) in [5.74, 6) is 0.683. The van der Waals surface area contributed by atoms with Gasteiger partial charge in [-0.2, -0.15) is 4.72 Å². The van der Waals surface area contributed by atoms with Gasteiger partial charge >= 0.3 is 0 Å². The van der Waals surface area contributed by atoms with E-state index >= 15 is 0 Å². The van der Waals surface area contributed by atoms with Gasteiger partial charge in [0.15, 0.2) is 17.8 Å².